The van der Waals surface area contributed by atoms with Gasteiger partial charge in [0, 0.05) is 43.4 Å². The Labute approximate surface area is 265 Å². The quantitative estimate of drug-likeness (QED) is 0.309. The first-order valence-electron chi connectivity index (χ1n) is 15.4. The number of likely N-dealkylation sites (N-methyl/N-ethyl adjacent to an activating group) is 1. The molecule has 7 rings (SSSR count). The average molecular weight is 622 g/mol. The van der Waals surface area contributed by atoms with Crippen LogP contribution in [0.25, 0.3) is 17.0 Å². The van der Waals surface area contributed by atoms with Gasteiger partial charge in [0.25, 0.3) is 5.91 Å². The highest BCUT2D eigenvalue weighted by Crippen LogP contribution is 2.47. The van der Waals surface area contributed by atoms with Gasteiger partial charge in [0.2, 0.25) is 11.8 Å². The van der Waals surface area contributed by atoms with Crippen molar-refractivity contribution in [3.05, 3.63) is 88.0 Å². The Morgan fingerprint density at radius 2 is 1.83 bits per heavy atom. The molecule has 5 bridgehead atoms. The Morgan fingerprint density at radius 3 is 2.72 bits per heavy atom. The van der Waals surface area contributed by atoms with Gasteiger partial charge in [0.1, 0.15) is 17.6 Å². The molecule has 236 valence electrons. The number of fused-ring (bicyclic) bond motifs is 3. The van der Waals surface area contributed by atoms with Crippen molar-refractivity contribution in [2.45, 2.75) is 37.6 Å². The zero-order valence-corrected chi connectivity index (χ0v) is 25.8. The van der Waals surface area contributed by atoms with Crippen molar-refractivity contribution in [2.24, 2.45) is 0 Å². The molecule has 1 aromatic carbocycles. The summed E-state index contributed by atoms with van der Waals surface area (Å²) in [6, 6.07) is 6.86. The largest absolute Gasteiger partial charge is 0.377 e. The number of H-pyrrole nitrogens is 1. The molecule has 0 radical (unpaired) electrons. The van der Waals surface area contributed by atoms with Gasteiger partial charge >= 0.3 is 0 Å². The van der Waals surface area contributed by atoms with Crippen LogP contribution in [0.1, 0.15) is 43.9 Å². The molecule has 12 heteroatoms. The molecule has 4 aromatic rings. The lowest BCUT2D eigenvalue weighted by molar-refractivity contribution is -0.132. The highest BCUT2D eigenvalue weighted by molar-refractivity contribution is 6.06. The first-order chi connectivity index (χ1) is 22.3. The van der Waals surface area contributed by atoms with Crippen molar-refractivity contribution in [1.82, 2.24) is 30.4 Å². The van der Waals surface area contributed by atoms with Crippen LogP contribution >= 0.6 is 0 Å². The highest BCUT2D eigenvalue weighted by atomic mass is 16.5. The molecule has 3 amide bonds. The van der Waals surface area contributed by atoms with Crippen LogP contribution in [0.4, 0.5) is 5.82 Å². The Balaban J connectivity index is 1.20. The number of rotatable bonds is 2. The van der Waals surface area contributed by atoms with Gasteiger partial charge in [-0.1, -0.05) is 18.2 Å². The third-order valence-corrected chi connectivity index (χ3v) is 9.08. The van der Waals surface area contributed by atoms with E-state index >= 15 is 0 Å². The van der Waals surface area contributed by atoms with Gasteiger partial charge in [0.05, 0.1) is 43.6 Å². The van der Waals surface area contributed by atoms with Gasteiger partial charge in [-0.15, -0.1) is 0 Å². The monoisotopic (exact) mass is 621 g/mol. The number of aryl methyl sites for hydroxylation is 1. The lowest BCUT2D eigenvalue weighted by Crippen LogP contribution is -2.49. The van der Waals surface area contributed by atoms with E-state index < -0.39 is 17.4 Å². The standard InChI is InChI=1S/C34H35N7O5/c1-20-10-22(11-24-19-37-40-29(20)24)13-28-32(43)41(2)5-7-46-9-8-45-6-3-4-21-12-26-30(36-17-21)39-33(44)34(26)15-23-14-27(31(42)38-28)35-18-25(23)16-34/h3-4,10-12,14,17-19,28H,5-9,13,15-16H2,1-2H3,(H,37,40)(H,38,42)(H,36,39,44)/b4-3-/t28-,34-/m1/s1. The summed E-state index contributed by atoms with van der Waals surface area (Å²) in [5.74, 6) is -0.265. The number of benzene rings is 1. The Kier molecular flexibility index (Phi) is 7.83. The van der Waals surface area contributed by atoms with Gasteiger partial charge in [0.15, 0.2) is 0 Å². The minimum Gasteiger partial charge on any atom is -0.377 e. The number of nitrogens with zero attached hydrogens (tertiary/aromatic N) is 4. The minimum atomic E-state index is -0.854. The third kappa shape index (κ3) is 5.54. The Bertz CT molecular complexity index is 1880. The van der Waals surface area contributed by atoms with Crippen LogP contribution in [0, 0.1) is 6.92 Å². The zero-order chi connectivity index (χ0) is 31.8. The number of ether oxygens (including phenoxy) is 2. The van der Waals surface area contributed by atoms with E-state index in [2.05, 4.69) is 30.8 Å². The van der Waals surface area contributed by atoms with E-state index in [0.717, 1.165) is 44.3 Å². The summed E-state index contributed by atoms with van der Waals surface area (Å²) in [7, 11) is 1.70. The average Bonchev–Trinajstić information content (AvgIpc) is 3.75. The molecule has 0 fully saturated rings. The van der Waals surface area contributed by atoms with Crippen molar-refractivity contribution in [2.75, 3.05) is 45.3 Å². The molecule has 0 unspecified atom stereocenters. The van der Waals surface area contributed by atoms with E-state index in [1.807, 2.05) is 37.3 Å². The molecule has 12 nitrogen and oxygen atoms in total. The second-order valence-corrected chi connectivity index (χ2v) is 12.2. The molecular formula is C34H35N7O5. The van der Waals surface area contributed by atoms with Crippen LogP contribution in [-0.2, 0) is 43.7 Å². The van der Waals surface area contributed by atoms with Gasteiger partial charge in [-0.2, -0.15) is 5.10 Å². The maximum Gasteiger partial charge on any atom is 0.270 e. The van der Waals surface area contributed by atoms with E-state index in [1.165, 1.54) is 0 Å². The van der Waals surface area contributed by atoms with Crippen molar-refractivity contribution in [3.63, 3.8) is 0 Å². The molecular weight excluding hydrogens is 586 g/mol. The second-order valence-electron chi connectivity index (χ2n) is 12.2. The van der Waals surface area contributed by atoms with E-state index in [0.29, 0.717) is 51.6 Å². The molecule has 3 aromatic heterocycles. The van der Waals surface area contributed by atoms with Crippen LogP contribution in [0.3, 0.4) is 0 Å². The number of nitrogens with one attached hydrogen (secondary N) is 3. The SMILES string of the molecule is Cc1cc(C[C@H]2NC(=O)c3cc4c(cn3)C[C@@]3(C4)C(=O)Nc4ncc(cc43)/C=C\COCCOCCN(C)C2=O)cc2cn[nH]c12. The predicted octanol–water partition coefficient (Wildman–Crippen LogP) is 2.51. The van der Waals surface area contributed by atoms with Crippen LogP contribution in [0.15, 0.2) is 48.9 Å². The lowest BCUT2D eigenvalue weighted by atomic mass is 9.79. The summed E-state index contributed by atoms with van der Waals surface area (Å²) in [6.07, 6.45) is 10.1. The van der Waals surface area contributed by atoms with Gasteiger partial charge in [-0.3, -0.25) is 24.5 Å². The van der Waals surface area contributed by atoms with Crippen molar-refractivity contribution < 1.29 is 23.9 Å². The number of amides is 3. The normalized spacial score (nSPS) is 22.8. The maximum absolute atomic E-state index is 13.8. The molecule has 3 N–H and O–H groups in total. The summed E-state index contributed by atoms with van der Waals surface area (Å²) >= 11 is 0. The van der Waals surface area contributed by atoms with E-state index in [-0.39, 0.29) is 23.9 Å². The van der Waals surface area contributed by atoms with Gasteiger partial charge in [-0.25, -0.2) is 4.98 Å². The molecule has 1 spiro atoms. The summed E-state index contributed by atoms with van der Waals surface area (Å²) in [5.41, 5.74) is 5.66. The number of aromatic nitrogens is 4. The fourth-order valence-corrected chi connectivity index (χ4v) is 6.65. The highest BCUT2D eigenvalue weighted by Gasteiger charge is 2.51. The maximum atomic E-state index is 13.8. The molecule has 0 saturated carbocycles. The van der Waals surface area contributed by atoms with E-state index in [9.17, 15) is 14.4 Å². The predicted molar refractivity (Wildman–Crippen MR) is 170 cm³/mol. The van der Waals surface area contributed by atoms with Crippen molar-refractivity contribution >= 4 is 40.5 Å². The molecule has 1 aliphatic carbocycles. The summed E-state index contributed by atoms with van der Waals surface area (Å²) in [5, 5.41) is 14.0. The van der Waals surface area contributed by atoms with Crippen LogP contribution in [-0.4, -0.2) is 88.8 Å². The molecule has 46 heavy (non-hydrogen) atoms. The number of carbonyl (C=O) groups is 3. The Hall–Kier alpha value is -4.94. The number of hydrogen-bond acceptors (Lipinski definition) is 8. The fourth-order valence-electron chi connectivity index (χ4n) is 6.65. The van der Waals surface area contributed by atoms with Crippen molar-refractivity contribution in [1.29, 1.82) is 0 Å². The number of anilines is 1. The first kappa shape index (κ1) is 29.8. The molecule has 2 atom stereocenters. The number of pyridine rings is 2. The van der Waals surface area contributed by atoms with Gasteiger partial charge in [-0.05, 0) is 65.8 Å². The van der Waals surface area contributed by atoms with Crippen LogP contribution in [0.5, 0.6) is 0 Å². The number of aromatic amines is 1. The Morgan fingerprint density at radius 1 is 0.978 bits per heavy atom. The lowest BCUT2D eigenvalue weighted by Gasteiger charge is -2.25. The molecule has 2 aliphatic heterocycles. The number of hydrogen-bond donors (Lipinski definition) is 3. The van der Waals surface area contributed by atoms with Crippen LogP contribution in [0.2, 0.25) is 0 Å². The molecule has 3 aliphatic rings. The summed E-state index contributed by atoms with van der Waals surface area (Å²) in [4.78, 5) is 51.5. The van der Waals surface area contributed by atoms with Crippen LogP contribution < -0.4 is 10.6 Å². The molecule has 0 saturated heterocycles. The first-order valence-corrected chi connectivity index (χ1v) is 15.4. The topological polar surface area (TPSA) is 151 Å². The van der Waals surface area contributed by atoms with Crippen molar-refractivity contribution in [3.8, 4) is 0 Å². The third-order valence-electron chi connectivity index (χ3n) is 9.08. The fraction of sp³-hybridized carbons (Fsp3) is 0.353. The van der Waals surface area contributed by atoms with E-state index in [4.69, 9.17) is 9.47 Å². The smallest absolute Gasteiger partial charge is 0.270 e. The second kappa shape index (κ2) is 12.1. The minimum absolute atomic E-state index is 0.116. The zero-order valence-electron chi connectivity index (χ0n) is 25.8. The van der Waals surface area contributed by atoms with E-state index in [1.54, 1.807) is 36.6 Å². The summed E-state index contributed by atoms with van der Waals surface area (Å²) in [6.45, 7) is 3.81. The van der Waals surface area contributed by atoms with Gasteiger partial charge < -0.3 is 25.0 Å². The number of carbonyl (C=O) groups excluding carboxylic acids is 3. The molecule has 5 heterocycles. The summed E-state index contributed by atoms with van der Waals surface area (Å²) < 4.78 is 11.4.